The average molecular weight is 238 g/mol. The third-order valence-corrected chi connectivity index (χ3v) is 2.01. The average Bonchev–Trinajstić information content (AvgIpc) is 2.31. The Labute approximate surface area is 101 Å². The molecule has 1 aromatic carbocycles. The Bertz CT molecular complexity index is 333. The molecule has 0 saturated heterocycles. The van der Waals surface area contributed by atoms with Crippen LogP contribution in [0.2, 0.25) is 0 Å². The molecule has 0 heterocycles. The predicted octanol–water partition coefficient (Wildman–Crippen LogP) is 3.04. The van der Waals surface area contributed by atoms with Crippen LogP contribution < -0.4 is 0 Å². The van der Waals surface area contributed by atoms with Gasteiger partial charge in [0.15, 0.2) is 0 Å². The summed E-state index contributed by atoms with van der Waals surface area (Å²) in [7, 11) is 0. The molecule has 17 heavy (non-hydrogen) atoms. The van der Waals surface area contributed by atoms with Crippen molar-refractivity contribution in [3.8, 4) is 0 Å². The van der Waals surface area contributed by atoms with E-state index in [1.54, 1.807) is 30.3 Å². The summed E-state index contributed by atoms with van der Waals surface area (Å²) in [5.74, 6) is -1.56. The van der Waals surface area contributed by atoms with Crippen LogP contribution in [0.25, 0.3) is 0 Å². The maximum atomic E-state index is 10.2. The Hall–Kier alpha value is -1.84. The van der Waals surface area contributed by atoms with Crippen LogP contribution in [-0.2, 0) is 4.79 Å². The largest absolute Gasteiger partial charge is 0.481 e. The molecule has 0 bridgehead atoms. The van der Waals surface area contributed by atoms with Crippen molar-refractivity contribution < 1.29 is 19.8 Å². The summed E-state index contributed by atoms with van der Waals surface area (Å²) in [5, 5.41) is 16.5. The van der Waals surface area contributed by atoms with E-state index < -0.39 is 11.9 Å². The number of carbonyl (C=O) groups is 2. The van der Waals surface area contributed by atoms with Crippen LogP contribution in [0.5, 0.6) is 0 Å². The van der Waals surface area contributed by atoms with E-state index in [2.05, 4.69) is 6.92 Å². The summed E-state index contributed by atoms with van der Waals surface area (Å²) in [5.41, 5.74) is 0.331. The Kier molecular flexibility index (Phi) is 8.37. The molecule has 0 aliphatic rings. The molecule has 4 heteroatoms. The van der Waals surface area contributed by atoms with Gasteiger partial charge in [-0.3, -0.25) is 4.79 Å². The highest BCUT2D eigenvalue weighted by atomic mass is 16.4. The Morgan fingerprint density at radius 3 is 2.00 bits per heavy atom. The maximum absolute atomic E-state index is 10.2. The van der Waals surface area contributed by atoms with Gasteiger partial charge in [-0.05, 0) is 18.6 Å². The van der Waals surface area contributed by atoms with E-state index in [-0.39, 0.29) is 0 Å². The van der Waals surface area contributed by atoms with Crippen molar-refractivity contribution in [1.29, 1.82) is 0 Å². The first kappa shape index (κ1) is 15.2. The lowest BCUT2D eigenvalue weighted by atomic mass is 10.2. The second kappa shape index (κ2) is 9.39. The minimum Gasteiger partial charge on any atom is -0.481 e. The van der Waals surface area contributed by atoms with E-state index in [4.69, 9.17) is 10.2 Å². The molecule has 94 valence electrons. The van der Waals surface area contributed by atoms with E-state index in [9.17, 15) is 9.59 Å². The van der Waals surface area contributed by atoms with Crippen molar-refractivity contribution in [1.82, 2.24) is 0 Å². The number of hydrogen-bond donors (Lipinski definition) is 2. The molecular weight excluding hydrogens is 220 g/mol. The SMILES string of the molecule is CCCCCC(=O)O.O=C(O)c1ccccc1. The minimum absolute atomic E-state index is 0.327. The summed E-state index contributed by atoms with van der Waals surface area (Å²) in [4.78, 5) is 20.1. The molecule has 0 amide bonds. The molecule has 4 nitrogen and oxygen atoms in total. The highest BCUT2D eigenvalue weighted by Crippen LogP contribution is 1.97. The lowest BCUT2D eigenvalue weighted by Gasteiger charge is -1.89. The van der Waals surface area contributed by atoms with Crippen molar-refractivity contribution >= 4 is 11.9 Å². The zero-order valence-corrected chi connectivity index (χ0v) is 9.93. The molecule has 0 atom stereocenters. The van der Waals surface area contributed by atoms with E-state index in [1.807, 2.05) is 0 Å². The van der Waals surface area contributed by atoms with Crippen LogP contribution in [0.4, 0.5) is 0 Å². The number of aliphatic carboxylic acids is 1. The monoisotopic (exact) mass is 238 g/mol. The first-order chi connectivity index (χ1) is 8.07. The van der Waals surface area contributed by atoms with Gasteiger partial charge < -0.3 is 10.2 Å². The van der Waals surface area contributed by atoms with Crippen LogP contribution in [0.3, 0.4) is 0 Å². The van der Waals surface area contributed by atoms with Gasteiger partial charge in [-0.1, -0.05) is 38.0 Å². The predicted molar refractivity (Wildman–Crippen MR) is 65.2 cm³/mol. The highest BCUT2D eigenvalue weighted by Gasteiger charge is 1.96. The summed E-state index contributed by atoms with van der Waals surface area (Å²) in [6.45, 7) is 2.06. The van der Waals surface area contributed by atoms with E-state index in [0.29, 0.717) is 12.0 Å². The molecule has 0 radical (unpaired) electrons. The van der Waals surface area contributed by atoms with Gasteiger partial charge >= 0.3 is 11.9 Å². The summed E-state index contributed by atoms with van der Waals surface area (Å²) in [6.07, 6.45) is 3.28. The standard InChI is InChI=1S/C7H6O2.C6H12O2/c8-7(9)6-4-2-1-3-5-6;1-2-3-4-5-6(7)8/h1-5H,(H,8,9);2-5H2,1H3,(H,7,8). The van der Waals surface area contributed by atoms with Gasteiger partial charge in [0.05, 0.1) is 5.56 Å². The number of aromatic carboxylic acids is 1. The first-order valence-electron chi connectivity index (χ1n) is 5.58. The summed E-state index contributed by atoms with van der Waals surface area (Å²) in [6, 6.07) is 8.30. The zero-order chi connectivity index (χ0) is 13.1. The Balaban J connectivity index is 0.000000304. The van der Waals surface area contributed by atoms with Crippen LogP contribution in [-0.4, -0.2) is 22.2 Å². The fourth-order valence-corrected chi connectivity index (χ4v) is 1.11. The van der Waals surface area contributed by atoms with E-state index in [1.165, 1.54) is 0 Å². The third kappa shape index (κ3) is 9.11. The molecule has 2 N–H and O–H groups in total. The zero-order valence-electron chi connectivity index (χ0n) is 9.93. The lowest BCUT2D eigenvalue weighted by molar-refractivity contribution is -0.137. The maximum Gasteiger partial charge on any atom is 0.335 e. The number of benzene rings is 1. The lowest BCUT2D eigenvalue weighted by Crippen LogP contribution is -1.93. The van der Waals surface area contributed by atoms with Crippen molar-refractivity contribution in [2.75, 3.05) is 0 Å². The van der Waals surface area contributed by atoms with Gasteiger partial charge in [-0.2, -0.15) is 0 Å². The molecule has 0 aromatic heterocycles. The van der Waals surface area contributed by atoms with Crippen LogP contribution in [0, 0.1) is 0 Å². The van der Waals surface area contributed by atoms with Gasteiger partial charge in [-0.25, -0.2) is 4.79 Å². The topological polar surface area (TPSA) is 74.6 Å². The van der Waals surface area contributed by atoms with Crippen LogP contribution in [0.15, 0.2) is 30.3 Å². The number of unbranched alkanes of at least 4 members (excludes halogenated alkanes) is 2. The first-order valence-corrected chi connectivity index (χ1v) is 5.58. The number of hydrogen-bond acceptors (Lipinski definition) is 2. The van der Waals surface area contributed by atoms with Crippen molar-refractivity contribution in [3.05, 3.63) is 35.9 Å². The number of carboxylic acid groups (broad SMARTS) is 2. The molecule has 1 rings (SSSR count). The van der Waals surface area contributed by atoms with Gasteiger partial charge in [0.25, 0.3) is 0 Å². The second-order valence-electron chi connectivity index (χ2n) is 3.52. The van der Waals surface area contributed by atoms with Crippen LogP contribution in [0.1, 0.15) is 43.0 Å². The molecule has 0 aliphatic carbocycles. The third-order valence-electron chi connectivity index (χ3n) is 2.01. The highest BCUT2D eigenvalue weighted by molar-refractivity contribution is 5.87. The normalized spacial score (nSPS) is 9.00. The fourth-order valence-electron chi connectivity index (χ4n) is 1.11. The number of carboxylic acids is 2. The van der Waals surface area contributed by atoms with Gasteiger partial charge in [0, 0.05) is 6.42 Å². The molecule has 0 fully saturated rings. The molecule has 1 aromatic rings. The van der Waals surface area contributed by atoms with Crippen molar-refractivity contribution in [2.24, 2.45) is 0 Å². The van der Waals surface area contributed by atoms with E-state index in [0.717, 1.165) is 19.3 Å². The van der Waals surface area contributed by atoms with E-state index >= 15 is 0 Å². The smallest absolute Gasteiger partial charge is 0.335 e. The molecule has 0 aliphatic heterocycles. The fraction of sp³-hybridized carbons (Fsp3) is 0.385. The number of rotatable bonds is 5. The van der Waals surface area contributed by atoms with Gasteiger partial charge in [0.2, 0.25) is 0 Å². The summed E-state index contributed by atoms with van der Waals surface area (Å²) < 4.78 is 0. The summed E-state index contributed by atoms with van der Waals surface area (Å²) >= 11 is 0. The Morgan fingerprint density at radius 2 is 1.65 bits per heavy atom. The quantitative estimate of drug-likeness (QED) is 0.773. The second-order valence-corrected chi connectivity index (χ2v) is 3.52. The van der Waals surface area contributed by atoms with Crippen molar-refractivity contribution in [2.45, 2.75) is 32.6 Å². The Morgan fingerprint density at radius 1 is 1.06 bits per heavy atom. The molecule has 0 spiro atoms. The molecular formula is C13H18O4. The van der Waals surface area contributed by atoms with Crippen LogP contribution >= 0.6 is 0 Å². The molecule has 0 unspecified atom stereocenters. The molecule has 0 saturated carbocycles. The van der Waals surface area contributed by atoms with Crippen molar-refractivity contribution in [3.63, 3.8) is 0 Å². The van der Waals surface area contributed by atoms with Gasteiger partial charge in [0.1, 0.15) is 0 Å². The minimum atomic E-state index is -0.879. The van der Waals surface area contributed by atoms with Gasteiger partial charge in [-0.15, -0.1) is 0 Å².